The molecule has 11 heteroatoms. The lowest BCUT2D eigenvalue weighted by Crippen LogP contribution is -2.48. The number of halogens is 2. The third-order valence-electron chi connectivity index (χ3n) is 6.88. The zero-order chi connectivity index (χ0) is 32.8. The van der Waals surface area contributed by atoms with Gasteiger partial charge in [0.2, 0.25) is 5.91 Å². The van der Waals surface area contributed by atoms with E-state index >= 15 is 0 Å². The minimum atomic E-state index is -1.40. The first-order valence-electron chi connectivity index (χ1n) is 14.3. The predicted molar refractivity (Wildman–Crippen MR) is 162 cm³/mol. The summed E-state index contributed by atoms with van der Waals surface area (Å²) in [6, 6.07) is 12.2. The minimum absolute atomic E-state index is 0.0401. The van der Waals surface area contributed by atoms with Crippen molar-refractivity contribution in [1.29, 1.82) is 0 Å². The van der Waals surface area contributed by atoms with E-state index < -0.39 is 59.3 Å². The largest absolute Gasteiger partial charge is 0.480 e. The van der Waals surface area contributed by atoms with Gasteiger partial charge in [-0.25, -0.2) is 18.4 Å². The van der Waals surface area contributed by atoms with E-state index in [4.69, 9.17) is 4.74 Å². The number of nitrogens with zero attached hydrogens (tertiary/aromatic N) is 2. The lowest BCUT2D eigenvalue weighted by molar-refractivity contribution is -0.143. The van der Waals surface area contributed by atoms with Gasteiger partial charge >= 0.3 is 12.1 Å². The number of benzene rings is 2. The number of carboxylic acids is 1. The number of alkyl carbamates (subject to hydrolysis) is 1. The normalized spacial score (nSPS) is 13.2. The number of carbonyl (C=O) groups excluding carboxylic acids is 2. The number of hydrogen-bond donors (Lipinski definition) is 3. The van der Waals surface area contributed by atoms with E-state index in [0.717, 1.165) is 23.8 Å². The van der Waals surface area contributed by atoms with Crippen molar-refractivity contribution in [1.82, 2.24) is 14.8 Å². The predicted octanol–water partition coefficient (Wildman–Crippen LogP) is 5.76. The molecule has 0 spiro atoms. The average Bonchev–Trinajstić information content (AvgIpc) is 3.32. The molecular weight excluding hydrogens is 572 g/mol. The Morgan fingerprint density at radius 3 is 2.23 bits per heavy atom. The summed E-state index contributed by atoms with van der Waals surface area (Å²) in [5.74, 6) is -3.23. The number of aliphatic carboxylic acids is 1. The number of aromatic nitrogens is 1. The number of hydrogen-bond acceptors (Lipinski definition) is 5. The van der Waals surface area contributed by atoms with Crippen molar-refractivity contribution in [2.75, 3.05) is 13.2 Å². The summed E-state index contributed by atoms with van der Waals surface area (Å²) in [4.78, 5) is 39.1. The molecule has 3 N–H and O–H groups in total. The van der Waals surface area contributed by atoms with Gasteiger partial charge in [0.05, 0.1) is 6.04 Å². The third-order valence-corrected chi connectivity index (χ3v) is 6.88. The molecule has 44 heavy (non-hydrogen) atoms. The van der Waals surface area contributed by atoms with Crippen LogP contribution in [0.25, 0.3) is 11.1 Å². The van der Waals surface area contributed by atoms with Crippen molar-refractivity contribution in [2.24, 2.45) is 5.41 Å². The van der Waals surface area contributed by atoms with Crippen molar-refractivity contribution in [3.63, 3.8) is 0 Å². The highest BCUT2D eigenvalue weighted by Crippen LogP contribution is 2.41. The smallest absolute Gasteiger partial charge is 0.408 e. The molecule has 1 heterocycles. The molecular formula is C33H41F2N3O6. The Hall–Kier alpha value is -4.25. The van der Waals surface area contributed by atoms with Gasteiger partial charge in [-0.15, -0.1) is 0 Å². The highest BCUT2D eigenvalue weighted by atomic mass is 19.1. The van der Waals surface area contributed by atoms with Crippen LogP contribution in [0.1, 0.15) is 65.3 Å². The first kappa shape index (κ1) is 34.2. The number of carboxylic acid groups (broad SMARTS) is 1. The maximum absolute atomic E-state index is 14.9. The van der Waals surface area contributed by atoms with Crippen LogP contribution in [-0.2, 0) is 20.9 Å². The highest BCUT2D eigenvalue weighted by Gasteiger charge is 2.38. The molecule has 0 bridgehead atoms. The Morgan fingerprint density at radius 2 is 1.66 bits per heavy atom. The Balaban J connectivity index is 2.10. The Labute approximate surface area is 256 Å². The molecule has 0 saturated heterocycles. The summed E-state index contributed by atoms with van der Waals surface area (Å²) < 4.78 is 36.2. The molecule has 9 nitrogen and oxygen atoms in total. The second kappa shape index (κ2) is 14.0. The van der Waals surface area contributed by atoms with E-state index in [9.17, 15) is 33.4 Å². The number of ether oxygens (including phenoxy) is 1. The molecule has 238 valence electrons. The Morgan fingerprint density at radius 1 is 1.00 bits per heavy atom. The van der Waals surface area contributed by atoms with Gasteiger partial charge in [-0.3, -0.25) is 4.79 Å². The molecule has 3 rings (SSSR count). The van der Waals surface area contributed by atoms with E-state index in [1.807, 2.05) is 55.7 Å². The van der Waals surface area contributed by atoms with Crippen molar-refractivity contribution in [3.05, 3.63) is 83.7 Å². The molecule has 0 unspecified atom stereocenters. The van der Waals surface area contributed by atoms with Gasteiger partial charge in [-0.05, 0) is 62.4 Å². The van der Waals surface area contributed by atoms with Crippen LogP contribution in [0.15, 0.2) is 60.8 Å². The monoisotopic (exact) mass is 613 g/mol. The second-order valence-corrected chi connectivity index (χ2v) is 12.7. The zero-order valence-corrected chi connectivity index (χ0v) is 25.9. The number of nitrogens with one attached hydrogen (secondary N) is 1. The number of carbonyl (C=O) groups is 3. The summed E-state index contributed by atoms with van der Waals surface area (Å²) in [6.45, 7) is 9.90. The second-order valence-electron chi connectivity index (χ2n) is 12.7. The van der Waals surface area contributed by atoms with E-state index in [0.29, 0.717) is 17.8 Å². The minimum Gasteiger partial charge on any atom is -0.480 e. The first-order chi connectivity index (χ1) is 20.5. The average molecular weight is 614 g/mol. The van der Waals surface area contributed by atoms with Crippen LogP contribution >= 0.6 is 0 Å². The van der Waals surface area contributed by atoms with Crippen LogP contribution in [0.2, 0.25) is 0 Å². The number of aliphatic hydroxyl groups is 1. The summed E-state index contributed by atoms with van der Waals surface area (Å²) in [7, 11) is 0. The molecule has 1 aromatic heterocycles. The van der Waals surface area contributed by atoms with Gasteiger partial charge in [-0.1, -0.05) is 51.1 Å². The van der Waals surface area contributed by atoms with Gasteiger partial charge in [0.1, 0.15) is 29.9 Å². The van der Waals surface area contributed by atoms with Crippen molar-refractivity contribution in [2.45, 2.75) is 72.2 Å². The summed E-state index contributed by atoms with van der Waals surface area (Å²) in [5.41, 5.74) is 0.357. The Bertz CT molecular complexity index is 1460. The SMILES string of the molecule is CC(C)(C)OC(=O)N[C@@H](CCN(C(=O)CO)[C@@H](c1cc(-c2cc(F)ccc2F)cn1Cc1ccccc1)C(C)(C)C)C(=O)O. The van der Waals surface area contributed by atoms with Gasteiger partial charge in [-0.2, -0.15) is 0 Å². The number of aliphatic hydroxyl groups excluding tert-OH is 1. The number of rotatable bonds is 11. The maximum atomic E-state index is 14.9. The topological polar surface area (TPSA) is 121 Å². The molecule has 0 radical (unpaired) electrons. The molecule has 0 aliphatic carbocycles. The van der Waals surface area contributed by atoms with Crippen molar-refractivity contribution in [3.8, 4) is 11.1 Å². The Kier molecular flexibility index (Phi) is 10.9. The fourth-order valence-electron chi connectivity index (χ4n) is 5.08. The van der Waals surface area contributed by atoms with Crippen LogP contribution in [0, 0.1) is 17.0 Å². The molecule has 2 aromatic carbocycles. The molecule has 2 amide bonds. The van der Waals surface area contributed by atoms with Crippen LogP contribution < -0.4 is 5.32 Å². The van der Waals surface area contributed by atoms with Crippen LogP contribution in [0.3, 0.4) is 0 Å². The fourth-order valence-corrected chi connectivity index (χ4v) is 5.08. The van der Waals surface area contributed by atoms with Crippen LogP contribution in [0.4, 0.5) is 13.6 Å². The van der Waals surface area contributed by atoms with Crippen LogP contribution in [0.5, 0.6) is 0 Å². The third kappa shape index (κ3) is 9.12. The summed E-state index contributed by atoms with van der Waals surface area (Å²) in [6.07, 6.45) is 0.568. The quantitative estimate of drug-likeness (QED) is 0.253. The van der Waals surface area contributed by atoms with Crippen LogP contribution in [-0.4, -0.2) is 62.4 Å². The van der Waals surface area contributed by atoms with Gasteiger partial charge in [0.15, 0.2) is 0 Å². The number of amides is 2. The highest BCUT2D eigenvalue weighted by molar-refractivity contribution is 5.81. The standard InChI is InChI=1S/C33H41F2N3O6/c1-32(2,3)29(38(28(40)20-39)15-14-26(30(41)42)36-31(43)44-33(4,5)6)27-16-22(24-17-23(34)12-13-25(24)35)19-37(27)18-21-10-8-7-9-11-21/h7-13,16-17,19,26,29,39H,14-15,18,20H2,1-6H3,(H,36,43)(H,41,42)/t26-,29-/m0/s1. The first-order valence-corrected chi connectivity index (χ1v) is 14.3. The molecule has 2 atom stereocenters. The summed E-state index contributed by atoms with van der Waals surface area (Å²) in [5, 5.41) is 22.2. The van der Waals surface area contributed by atoms with Crippen molar-refractivity contribution >= 4 is 18.0 Å². The fraction of sp³-hybridized carbons (Fsp3) is 0.424. The van der Waals surface area contributed by atoms with Gasteiger partial charge in [0, 0.05) is 36.1 Å². The lowest BCUT2D eigenvalue weighted by Gasteiger charge is -2.41. The van der Waals surface area contributed by atoms with E-state index in [2.05, 4.69) is 5.32 Å². The van der Waals surface area contributed by atoms with E-state index in [1.165, 1.54) is 4.90 Å². The molecule has 0 aliphatic heterocycles. The molecule has 0 fully saturated rings. The summed E-state index contributed by atoms with van der Waals surface area (Å²) >= 11 is 0. The van der Waals surface area contributed by atoms with Gasteiger partial charge in [0.25, 0.3) is 0 Å². The van der Waals surface area contributed by atoms with E-state index in [-0.39, 0.29) is 18.5 Å². The van der Waals surface area contributed by atoms with Gasteiger partial charge < -0.3 is 29.7 Å². The van der Waals surface area contributed by atoms with E-state index in [1.54, 1.807) is 33.0 Å². The van der Waals surface area contributed by atoms with Crippen molar-refractivity contribution < 1.29 is 38.1 Å². The maximum Gasteiger partial charge on any atom is 0.408 e. The molecule has 3 aromatic rings. The molecule has 0 aliphatic rings. The zero-order valence-electron chi connectivity index (χ0n) is 25.9. The molecule has 0 saturated carbocycles. The lowest BCUT2D eigenvalue weighted by atomic mass is 9.82.